The molecule has 0 saturated carbocycles. The summed E-state index contributed by atoms with van der Waals surface area (Å²) in [4.78, 5) is 2.55. The molecule has 0 N–H and O–H groups in total. The van der Waals surface area contributed by atoms with Crippen LogP contribution in [0, 0.1) is 0 Å². The Bertz CT molecular complexity index is 646. The van der Waals surface area contributed by atoms with Gasteiger partial charge in [0.2, 0.25) is 0 Å². The predicted octanol–water partition coefficient (Wildman–Crippen LogP) is 2.11. The number of nitrogens with zero attached hydrogens (tertiary/aromatic N) is 1. The fourth-order valence-electron chi connectivity index (χ4n) is 3.78. The van der Waals surface area contributed by atoms with Gasteiger partial charge in [0.25, 0.3) is 0 Å². The third-order valence-corrected chi connectivity index (χ3v) is 4.81. The van der Waals surface area contributed by atoms with Crippen LogP contribution in [0.25, 0.3) is 0 Å². The Morgan fingerprint density at radius 3 is 1.08 bits per heavy atom. The summed E-state index contributed by atoms with van der Waals surface area (Å²) in [7, 11) is 0. The number of rotatable bonds is 6. The molecule has 0 bridgehead atoms. The molecule has 3 aromatic carbocycles. The maximum atomic E-state index is 2.55. The van der Waals surface area contributed by atoms with Crippen LogP contribution in [0.15, 0.2) is 91.0 Å². The Kier molecular flexibility index (Phi) is 9.02. The van der Waals surface area contributed by atoms with Gasteiger partial charge in [-0.2, -0.15) is 0 Å². The highest BCUT2D eigenvalue weighted by atomic mass is 35.5. The van der Waals surface area contributed by atoms with Crippen molar-refractivity contribution in [2.75, 3.05) is 13.1 Å². The van der Waals surface area contributed by atoms with E-state index in [2.05, 4.69) is 110 Å². The van der Waals surface area contributed by atoms with Gasteiger partial charge in [0.05, 0.1) is 5.54 Å². The second kappa shape index (κ2) is 10.5. The zero-order valence-electron chi connectivity index (χ0n) is 15.9. The summed E-state index contributed by atoms with van der Waals surface area (Å²) in [6.45, 7) is 6.45. The van der Waals surface area contributed by atoms with Gasteiger partial charge < -0.3 is 12.4 Å². The average molecular weight is 386 g/mol. The molecule has 0 aliphatic rings. The Hall–Kier alpha value is -1.66. The fraction of sp³-hybridized carbons (Fsp3) is 0.217. The highest BCUT2D eigenvalue weighted by Crippen LogP contribution is 2.41. The molecule has 0 saturated heterocycles. The van der Waals surface area contributed by atoms with Crippen molar-refractivity contribution in [3.63, 3.8) is 0 Å². The molecule has 0 spiro atoms. The predicted molar refractivity (Wildman–Crippen MR) is 115 cm³/mol. The van der Waals surface area contributed by atoms with Crippen molar-refractivity contribution < 1.29 is 12.4 Å². The van der Waals surface area contributed by atoms with E-state index in [-0.39, 0.29) is 27.8 Å². The number of hydrogen-bond acceptors (Lipinski definition) is 1. The molecule has 3 heteroatoms. The summed E-state index contributed by atoms with van der Waals surface area (Å²) < 4.78 is 0. The summed E-state index contributed by atoms with van der Waals surface area (Å²) in [6.07, 6.45) is 0. The minimum Gasteiger partial charge on any atom is -1.00 e. The summed E-state index contributed by atoms with van der Waals surface area (Å²) >= 11 is 0. The molecule has 138 valence electrons. The standard InChI is InChI=1S/C23H25N.ClH.H3P/c1-3-24(4-2)23(20-14-8-5-9-15-20,21-16-10-6-11-17-21)22-18-12-7-13-19-22;;/h5-19H,3-4H2,1-2H3;1H;1H3. The lowest BCUT2D eigenvalue weighted by Crippen LogP contribution is -3.00. The lowest BCUT2D eigenvalue weighted by molar-refractivity contribution is -0.00000507. The lowest BCUT2D eigenvalue weighted by atomic mass is 9.75. The topological polar surface area (TPSA) is 3.24 Å². The SMILES string of the molecule is CCN(CC)C(c1ccccc1)(c1ccccc1)c1ccccc1.[Cl-].[PH4+]. The van der Waals surface area contributed by atoms with Crippen LogP contribution in [-0.4, -0.2) is 18.0 Å². The van der Waals surface area contributed by atoms with Crippen molar-refractivity contribution >= 4 is 9.90 Å². The molecule has 0 aromatic heterocycles. The van der Waals surface area contributed by atoms with Crippen molar-refractivity contribution in [1.29, 1.82) is 0 Å². The third kappa shape index (κ3) is 4.01. The molecule has 3 aromatic rings. The van der Waals surface area contributed by atoms with Gasteiger partial charge in [-0.1, -0.05) is 105 Å². The van der Waals surface area contributed by atoms with Gasteiger partial charge in [0, 0.05) is 0 Å². The molecular weight excluding hydrogens is 357 g/mol. The molecule has 0 radical (unpaired) electrons. The highest BCUT2D eigenvalue weighted by molar-refractivity contribution is 6.92. The highest BCUT2D eigenvalue weighted by Gasteiger charge is 2.40. The first-order valence-corrected chi connectivity index (χ1v) is 8.75. The van der Waals surface area contributed by atoms with Crippen molar-refractivity contribution in [3.05, 3.63) is 108 Å². The zero-order chi connectivity index (χ0) is 16.8. The molecule has 1 nitrogen and oxygen atoms in total. The first-order valence-electron chi connectivity index (χ1n) is 8.75. The van der Waals surface area contributed by atoms with E-state index in [0.29, 0.717) is 0 Å². The smallest absolute Gasteiger partial charge is 0.0972 e. The summed E-state index contributed by atoms with van der Waals surface area (Å²) in [5.74, 6) is 0. The van der Waals surface area contributed by atoms with Crippen LogP contribution >= 0.6 is 9.90 Å². The van der Waals surface area contributed by atoms with Crippen molar-refractivity contribution in [2.45, 2.75) is 19.4 Å². The van der Waals surface area contributed by atoms with Gasteiger partial charge in [0.15, 0.2) is 0 Å². The van der Waals surface area contributed by atoms with E-state index >= 15 is 0 Å². The van der Waals surface area contributed by atoms with Crippen molar-refractivity contribution in [1.82, 2.24) is 4.90 Å². The van der Waals surface area contributed by atoms with Crippen LogP contribution in [-0.2, 0) is 5.54 Å². The Morgan fingerprint density at radius 2 is 0.846 bits per heavy atom. The molecular formula is C23H29ClNP. The molecule has 26 heavy (non-hydrogen) atoms. The lowest BCUT2D eigenvalue weighted by Gasteiger charge is -2.45. The molecule has 0 heterocycles. The minimum absolute atomic E-state index is 0. The summed E-state index contributed by atoms with van der Waals surface area (Å²) in [5.41, 5.74) is 3.66. The Labute approximate surface area is 167 Å². The fourth-order valence-corrected chi connectivity index (χ4v) is 3.78. The molecule has 0 aliphatic carbocycles. The van der Waals surface area contributed by atoms with Gasteiger partial charge in [-0.3, -0.25) is 4.90 Å². The van der Waals surface area contributed by atoms with Crippen LogP contribution in [0.5, 0.6) is 0 Å². The molecule has 3 rings (SSSR count). The first-order chi connectivity index (χ1) is 11.8. The van der Waals surface area contributed by atoms with Crippen LogP contribution < -0.4 is 12.4 Å². The van der Waals surface area contributed by atoms with Gasteiger partial charge in [-0.15, -0.1) is 0 Å². The number of benzene rings is 3. The zero-order valence-corrected chi connectivity index (χ0v) is 18.7. The van der Waals surface area contributed by atoms with Gasteiger partial charge in [0.1, 0.15) is 0 Å². The molecule has 1 unspecified atom stereocenters. The van der Waals surface area contributed by atoms with E-state index in [4.69, 9.17) is 0 Å². The van der Waals surface area contributed by atoms with E-state index in [1.165, 1.54) is 16.7 Å². The van der Waals surface area contributed by atoms with E-state index in [1.54, 1.807) is 0 Å². The maximum absolute atomic E-state index is 2.55. The monoisotopic (exact) mass is 385 g/mol. The van der Waals surface area contributed by atoms with Crippen LogP contribution in [0.4, 0.5) is 0 Å². The summed E-state index contributed by atoms with van der Waals surface area (Å²) in [5, 5.41) is 0. The van der Waals surface area contributed by atoms with E-state index in [9.17, 15) is 0 Å². The van der Waals surface area contributed by atoms with Crippen molar-refractivity contribution in [3.8, 4) is 0 Å². The largest absolute Gasteiger partial charge is 1.00 e. The maximum Gasteiger partial charge on any atom is 0.0972 e. The van der Waals surface area contributed by atoms with Gasteiger partial charge in [-0.25, -0.2) is 0 Å². The molecule has 0 amide bonds. The van der Waals surface area contributed by atoms with Crippen LogP contribution in [0.2, 0.25) is 0 Å². The molecule has 1 atom stereocenters. The second-order valence-corrected chi connectivity index (χ2v) is 5.98. The molecule has 0 fully saturated rings. The Balaban J connectivity index is 0.00000169. The van der Waals surface area contributed by atoms with Gasteiger partial charge in [-0.05, 0) is 39.7 Å². The first kappa shape index (κ1) is 22.4. The number of hydrogen-bond donors (Lipinski definition) is 0. The van der Waals surface area contributed by atoms with Gasteiger partial charge >= 0.3 is 0 Å². The normalized spacial score (nSPS) is 10.7. The van der Waals surface area contributed by atoms with E-state index in [0.717, 1.165) is 13.1 Å². The van der Waals surface area contributed by atoms with Crippen molar-refractivity contribution in [2.24, 2.45) is 0 Å². The van der Waals surface area contributed by atoms with E-state index in [1.807, 2.05) is 0 Å². The summed E-state index contributed by atoms with van der Waals surface area (Å²) in [6, 6.07) is 32.6. The Morgan fingerprint density at radius 1 is 0.577 bits per heavy atom. The van der Waals surface area contributed by atoms with Crippen LogP contribution in [0.1, 0.15) is 30.5 Å². The minimum atomic E-state index is -0.271. The van der Waals surface area contributed by atoms with E-state index < -0.39 is 0 Å². The molecule has 0 aliphatic heterocycles. The third-order valence-electron chi connectivity index (χ3n) is 4.81. The average Bonchev–Trinajstić information content (AvgIpc) is 2.68. The second-order valence-electron chi connectivity index (χ2n) is 5.98. The quantitative estimate of drug-likeness (QED) is 0.464. The number of halogens is 1. The van der Waals surface area contributed by atoms with Crippen LogP contribution in [0.3, 0.4) is 0 Å².